The van der Waals surface area contributed by atoms with E-state index in [1.807, 2.05) is 4.90 Å². The molecule has 6 heteroatoms. The predicted molar refractivity (Wildman–Crippen MR) is 89.9 cm³/mol. The van der Waals surface area contributed by atoms with Gasteiger partial charge in [-0.15, -0.1) is 0 Å². The summed E-state index contributed by atoms with van der Waals surface area (Å²) in [5.41, 5.74) is 1.37. The minimum atomic E-state index is -0.00518. The van der Waals surface area contributed by atoms with Crippen molar-refractivity contribution >= 4 is 17.5 Å². The summed E-state index contributed by atoms with van der Waals surface area (Å²) in [6.07, 6.45) is 5.80. The molecule has 2 bridgehead atoms. The number of H-pyrrole nitrogens is 1. The van der Waals surface area contributed by atoms with Gasteiger partial charge in [-0.3, -0.25) is 14.8 Å². The van der Waals surface area contributed by atoms with Crippen molar-refractivity contribution in [1.82, 2.24) is 20.0 Å². The zero-order valence-electron chi connectivity index (χ0n) is 13.9. The van der Waals surface area contributed by atoms with E-state index in [0.29, 0.717) is 34.8 Å². The van der Waals surface area contributed by atoms with Gasteiger partial charge < -0.3 is 4.90 Å². The molecule has 4 rings (SSSR count). The first-order valence-corrected chi connectivity index (χ1v) is 9.24. The van der Waals surface area contributed by atoms with Crippen LogP contribution in [0.3, 0.4) is 0 Å². The van der Waals surface area contributed by atoms with Crippen LogP contribution in [0.2, 0.25) is 5.02 Å². The number of fused-ring (bicyclic) bond motifs is 2. The number of hydrogen-bond acceptors (Lipinski definition) is 3. The average Bonchev–Trinajstić information content (AvgIpc) is 3.18. The Kier molecular flexibility index (Phi) is 3.88. The highest BCUT2D eigenvalue weighted by Gasteiger charge is 2.40. The number of aromatic amines is 1. The third kappa shape index (κ3) is 2.68. The van der Waals surface area contributed by atoms with Gasteiger partial charge in [0, 0.05) is 37.1 Å². The van der Waals surface area contributed by atoms with Crippen molar-refractivity contribution in [1.29, 1.82) is 0 Å². The van der Waals surface area contributed by atoms with Gasteiger partial charge in [0.2, 0.25) is 0 Å². The summed E-state index contributed by atoms with van der Waals surface area (Å²) in [6, 6.07) is 1.64. The second-order valence-corrected chi connectivity index (χ2v) is 7.92. The smallest absolute Gasteiger partial charge is 0.275 e. The number of likely N-dealkylation sites (tertiary alicyclic amines) is 1. The topological polar surface area (TPSA) is 52.2 Å². The van der Waals surface area contributed by atoms with E-state index in [2.05, 4.69) is 28.9 Å². The molecule has 1 aromatic heterocycles. The van der Waals surface area contributed by atoms with Crippen molar-refractivity contribution in [2.45, 2.75) is 70.0 Å². The lowest BCUT2D eigenvalue weighted by Crippen LogP contribution is -2.44. The van der Waals surface area contributed by atoms with Crippen molar-refractivity contribution in [2.75, 3.05) is 13.1 Å². The summed E-state index contributed by atoms with van der Waals surface area (Å²) in [4.78, 5) is 17.5. The highest BCUT2D eigenvalue weighted by Crippen LogP contribution is 2.43. The monoisotopic (exact) mass is 336 g/mol. The number of nitrogens with zero attached hydrogens (tertiary/aromatic N) is 3. The van der Waals surface area contributed by atoms with Crippen molar-refractivity contribution in [3.63, 3.8) is 0 Å². The summed E-state index contributed by atoms with van der Waals surface area (Å²) >= 11 is 6.42. The molecule has 1 amide bonds. The summed E-state index contributed by atoms with van der Waals surface area (Å²) in [5, 5.41) is 7.78. The zero-order valence-corrected chi connectivity index (χ0v) is 14.6. The molecular formula is C17H25ClN4O. The Labute approximate surface area is 142 Å². The zero-order chi connectivity index (χ0) is 16.1. The van der Waals surface area contributed by atoms with Crippen molar-refractivity contribution < 1.29 is 4.79 Å². The molecule has 0 spiro atoms. The fourth-order valence-electron chi connectivity index (χ4n) is 4.41. The molecule has 2 saturated heterocycles. The lowest BCUT2D eigenvalue weighted by Gasteiger charge is -2.32. The summed E-state index contributed by atoms with van der Waals surface area (Å²) in [5.74, 6) is 0.475. The second kappa shape index (κ2) is 5.78. The fourth-order valence-corrected chi connectivity index (χ4v) is 4.73. The van der Waals surface area contributed by atoms with Gasteiger partial charge in [0.05, 0.1) is 10.7 Å². The molecular weight excluding hydrogens is 312 g/mol. The number of rotatable bonds is 3. The van der Waals surface area contributed by atoms with Crippen LogP contribution in [-0.2, 0) is 0 Å². The molecule has 1 saturated carbocycles. The molecule has 1 N–H and O–H groups in total. The summed E-state index contributed by atoms with van der Waals surface area (Å²) in [6.45, 7) is 6.13. The van der Waals surface area contributed by atoms with E-state index < -0.39 is 0 Å². The van der Waals surface area contributed by atoms with Crippen molar-refractivity contribution in [3.05, 3.63) is 16.4 Å². The van der Waals surface area contributed by atoms with Gasteiger partial charge in [-0.1, -0.05) is 11.6 Å². The molecule has 0 radical (unpaired) electrons. The Bertz CT molecular complexity index is 610. The van der Waals surface area contributed by atoms with E-state index in [-0.39, 0.29) is 5.91 Å². The van der Waals surface area contributed by atoms with Crippen LogP contribution in [0.25, 0.3) is 0 Å². The minimum Gasteiger partial charge on any atom is -0.336 e. The van der Waals surface area contributed by atoms with E-state index in [1.165, 1.54) is 12.8 Å². The molecule has 3 fully saturated rings. The number of nitrogens with one attached hydrogen (secondary N) is 1. The lowest BCUT2D eigenvalue weighted by atomic mass is 10.1. The van der Waals surface area contributed by atoms with Crippen LogP contribution >= 0.6 is 11.6 Å². The standard InChI is InChI=1S/C17H25ClN4O/c1-10(2)22-12-5-6-13(22)9-21(8-7-12)17(23)16-14(18)15(19-20-16)11-3-4-11/h10-13H,3-9H2,1-2H3,(H,19,20). The number of aromatic nitrogens is 2. The Morgan fingerprint density at radius 3 is 2.65 bits per heavy atom. The van der Waals surface area contributed by atoms with Crippen LogP contribution < -0.4 is 0 Å². The maximum absolute atomic E-state index is 12.9. The number of halogens is 1. The highest BCUT2D eigenvalue weighted by molar-refractivity contribution is 6.34. The van der Waals surface area contributed by atoms with Gasteiger partial charge in [-0.05, 0) is 46.0 Å². The van der Waals surface area contributed by atoms with Crippen LogP contribution in [0.1, 0.15) is 68.1 Å². The van der Waals surface area contributed by atoms with Crippen LogP contribution in [-0.4, -0.2) is 57.1 Å². The molecule has 2 aliphatic heterocycles. The Morgan fingerprint density at radius 1 is 1.22 bits per heavy atom. The normalized spacial score (nSPS) is 28.4. The Morgan fingerprint density at radius 2 is 1.96 bits per heavy atom. The molecule has 1 aliphatic carbocycles. The quantitative estimate of drug-likeness (QED) is 0.923. The third-order valence-electron chi connectivity index (χ3n) is 5.64. The van der Waals surface area contributed by atoms with Crippen molar-refractivity contribution in [3.8, 4) is 0 Å². The number of carbonyl (C=O) groups excluding carboxylic acids is 1. The fraction of sp³-hybridized carbons (Fsp3) is 0.765. The maximum atomic E-state index is 12.9. The molecule has 5 nitrogen and oxygen atoms in total. The van der Waals surface area contributed by atoms with Gasteiger partial charge in [-0.25, -0.2) is 0 Å². The van der Waals surface area contributed by atoms with E-state index in [0.717, 1.165) is 38.0 Å². The molecule has 126 valence electrons. The highest BCUT2D eigenvalue weighted by atomic mass is 35.5. The van der Waals surface area contributed by atoms with Crippen LogP contribution in [0, 0.1) is 0 Å². The van der Waals surface area contributed by atoms with E-state index in [9.17, 15) is 4.79 Å². The molecule has 2 unspecified atom stereocenters. The molecule has 3 heterocycles. The van der Waals surface area contributed by atoms with Crippen LogP contribution in [0.5, 0.6) is 0 Å². The SMILES string of the molecule is CC(C)N1C2CCC1CN(C(=O)c1n[nH]c(C3CC3)c1Cl)CC2. The van der Waals surface area contributed by atoms with E-state index >= 15 is 0 Å². The third-order valence-corrected chi connectivity index (χ3v) is 6.03. The number of hydrogen-bond donors (Lipinski definition) is 1. The molecule has 2 atom stereocenters. The van der Waals surface area contributed by atoms with Crippen LogP contribution in [0.15, 0.2) is 0 Å². The number of amides is 1. The molecule has 23 heavy (non-hydrogen) atoms. The second-order valence-electron chi connectivity index (χ2n) is 7.54. The Hall–Kier alpha value is -1.07. The number of carbonyl (C=O) groups is 1. The van der Waals surface area contributed by atoms with Gasteiger partial charge in [0.15, 0.2) is 5.69 Å². The molecule has 1 aromatic rings. The maximum Gasteiger partial charge on any atom is 0.275 e. The van der Waals surface area contributed by atoms with E-state index in [4.69, 9.17) is 11.6 Å². The first-order chi connectivity index (χ1) is 11.1. The first kappa shape index (κ1) is 15.5. The molecule has 0 aromatic carbocycles. The van der Waals surface area contributed by atoms with E-state index in [1.54, 1.807) is 0 Å². The average molecular weight is 337 g/mol. The van der Waals surface area contributed by atoms with Gasteiger partial charge in [0.25, 0.3) is 5.91 Å². The molecule has 3 aliphatic rings. The van der Waals surface area contributed by atoms with Gasteiger partial charge in [-0.2, -0.15) is 5.10 Å². The van der Waals surface area contributed by atoms with Gasteiger partial charge in [0.1, 0.15) is 0 Å². The van der Waals surface area contributed by atoms with Crippen molar-refractivity contribution in [2.24, 2.45) is 0 Å². The Balaban J connectivity index is 1.53. The van der Waals surface area contributed by atoms with Crippen LogP contribution in [0.4, 0.5) is 0 Å². The minimum absolute atomic E-state index is 0.00518. The summed E-state index contributed by atoms with van der Waals surface area (Å²) in [7, 11) is 0. The first-order valence-electron chi connectivity index (χ1n) is 8.86. The summed E-state index contributed by atoms with van der Waals surface area (Å²) < 4.78 is 0. The lowest BCUT2D eigenvalue weighted by molar-refractivity contribution is 0.0722. The predicted octanol–water partition coefficient (Wildman–Crippen LogP) is 3.03. The van der Waals surface area contributed by atoms with Gasteiger partial charge >= 0.3 is 0 Å². The largest absolute Gasteiger partial charge is 0.336 e.